The van der Waals surface area contributed by atoms with E-state index in [2.05, 4.69) is 5.10 Å². The third-order valence-electron chi connectivity index (χ3n) is 3.03. The van der Waals surface area contributed by atoms with Crippen LogP contribution in [0, 0.1) is 5.92 Å². The molecule has 0 amide bonds. The second-order valence-corrected chi connectivity index (χ2v) is 4.02. The van der Waals surface area contributed by atoms with Crippen LogP contribution in [-0.2, 0) is 11.3 Å². The predicted molar refractivity (Wildman–Crippen MR) is 56.4 cm³/mol. The zero-order valence-corrected chi connectivity index (χ0v) is 9.09. The minimum atomic E-state index is -0.380. The molecule has 1 N–H and O–H groups in total. The molecule has 1 aromatic heterocycles. The van der Waals surface area contributed by atoms with Crippen LogP contribution >= 0.6 is 0 Å². The van der Waals surface area contributed by atoms with Gasteiger partial charge in [-0.2, -0.15) is 5.10 Å². The number of aliphatic hydroxyl groups excluding tert-OH is 1. The first-order valence-corrected chi connectivity index (χ1v) is 5.59. The Morgan fingerprint density at radius 1 is 1.60 bits per heavy atom. The number of aromatic nitrogens is 2. The Balaban J connectivity index is 2.02. The molecule has 0 aliphatic carbocycles. The highest BCUT2D eigenvalue weighted by molar-refractivity contribution is 5.09. The molecule has 84 valence electrons. The van der Waals surface area contributed by atoms with Crippen LogP contribution in [0.3, 0.4) is 0 Å². The molecular formula is C11H18N2O2. The molecular weight excluding hydrogens is 192 g/mol. The monoisotopic (exact) mass is 210 g/mol. The van der Waals surface area contributed by atoms with Gasteiger partial charge in [0, 0.05) is 31.5 Å². The summed E-state index contributed by atoms with van der Waals surface area (Å²) in [6.45, 7) is 4.42. The van der Waals surface area contributed by atoms with E-state index in [0.717, 1.165) is 38.2 Å². The van der Waals surface area contributed by atoms with E-state index < -0.39 is 0 Å². The van der Waals surface area contributed by atoms with Gasteiger partial charge in [0.25, 0.3) is 0 Å². The Morgan fingerprint density at radius 3 is 2.93 bits per heavy atom. The summed E-state index contributed by atoms with van der Waals surface area (Å²) in [6, 6.07) is 0. The number of hydrogen-bond donors (Lipinski definition) is 1. The van der Waals surface area contributed by atoms with Crippen molar-refractivity contribution in [3.63, 3.8) is 0 Å². The van der Waals surface area contributed by atoms with Crippen molar-refractivity contribution < 1.29 is 9.84 Å². The summed E-state index contributed by atoms with van der Waals surface area (Å²) < 4.78 is 7.13. The van der Waals surface area contributed by atoms with E-state index in [9.17, 15) is 5.11 Å². The maximum Gasteiger partial charge on any atom is 0.0850 e. The molecule has 4 nitrogen and oxygen atoms in total. The molecule has 0 spiro atoms. The number of rotatable bonds is 3. The van der Waals surface area contributed by atoms with E-state index in [1.54, 1.807) is 6.20 Å². The molecule has 0 radical (unpaired) electrons. The first-order chi connectivity index (χ1) is 7.31. The zero-order chi connectivity index (χ0) is 10.7. The average Bonchev–Trinajstić information content (AvgIpc) is 2.78. The number of ether oxygens (including phenoxy) is 1. The molecule has 0 saturated carbocycles. The molecule has 1 aromatic rings. The summed E-state index contributed by atoms with van der Waals surface area (Å²) in [5.74, 6) is 0.327. The number of nitrogens with zero attached hydrogens (tertiary/aromatic N) is 2. The molecule has 15 heavy (non-hydrogen) atoms. The molecule has 2 rings (SSSR count). The Hall–Kier alpha value is -0.870. The maximum absolute atomic E-state index is 10.1. The smallest absolute Gasteiger partial charge is 0.0850 e. The van der Waals surface area contributed by atoms with Crippen molar-refractivity contribution in [2.45, 2.75) is 32.4 Å². The second-order valence-electron chi connectivity index (χ2n) is 4.02. The molecule has 0 aromatic carbocycles. The number of aryl methyl sites for hydroxylation is 1. The summed E-state index contributed by atoms with van der Waals surface area (Å²) in [6.07, 6.45) is 5.20. The lowest BCUT2D eigenvalue weighted by atomic mass is 9.91. The van der Waals surface area contributed by atoms with Crippen molar-refractivity contribution in [1.29, 1.82) is 0 Å². The van der Waals surface area contributed by atoms with E-state index in [0.29, 0.717) is 5.92 Å². The van der Waals surface area contributed by atoms with E-state index in [1.165, 1.54) is 0 Å². The first kappa shape index (κ1) is 10.6. The normalized spacial score (nSPS) is 20.4. The molecule has 0 bridgehead atoms. The van der Waals surface area contributed by atoms with Gasteiger partial charge in [0.05, 0.1) is 12.3 Å². The minimum absolute atomic E-state index is 0.327. The molecule has 1 fully saturated rings. The van der Waals surface area contributed by atoms with E-state index in [-0.39, 0.29) is 6.10 Å². The molecule has 1 aliphatic rings. The Kier molecular flexibility index (Phi) is 3.38. The highest BCUT2D eigenvalue weighted by Crippen LogP contribution is 2.29. The van der Waals surface area contributed by atoms with Crippen LogP contribution in [0.15, 0.2) is 12.4 Å². The van der Waals surface area contributed by atoms with Crippen molar-refractivity contribution in [1.82, 2.24) is 9.78 Å². The highest BCUT2D eigenvalue weighted by Gasteiger charge is 2.24. The quantitative estimate of drug-likeness (QED) is 0.819. The SMILES string of the molecule is CCn1cc(C(O)C2CCOCC2)cn1. The van der Waals surface area contributed by atoms with Crippen LogP contribution in [0.4, 0.5) is 0 Å². The fraction of sp³-hybridized carbons (Fsp3) is 0.727. The Morgan fingerprint density at radius 2 is 2.33 bits per heavy atom. The van der Waals surface area contributed by atoms with Crippen molar-refractivity contribution in [3.8, 4) is 0 Å². The van der Waals surface area contributed by atoms with Crippen molar-refractivity contribution in [2.75, 3.05) is 13.2 Å². The average molecular weight is 210 g/mol. The first-order valence-electron chi connectivity index (χ1n) is 5.59. The molecule has 1 unspecified atom stereocenters. The molecule has 1 saturated heterocycles. The molecule has 1 atom stereocenters. The third kappa shape index (κ3) is 2.38. The summed E-state index contributed by atoms with van der Waals surface area (Å²) >= 11 is 0. The van der Waals surface area contributed by atoms with E-state index in [4.69, 9.17) is 4.74 Å². The zero-order valence-electron chi connectivity index (χ0n) is 9.09. The van der Waals surface area contributed by atoms with Crippen LogP contribution in [0.1, 0.15) is 31.4 Å². The summed E-state index contributed by atoms with van der Waals surface area (Å²) in [4.78, 5) is 0. The second kappa shape index (κ2) is 4.77. The third-order valence-corrected chi connectivity index (χ3v) is 3.03. The van der Waals surface area contributed by atoms with Gasteiger partial charge in [-0.3, -0.25) is 4.68 Å². The van der Waals surface area contributed by atoms with Gasteiger partial charge in [0.1, 0.15) is 0 Å². The lowest BCUT2D eigenvalue weighted by molar-refractivity contribution is 0.00715. The molecule has 2 heterocycles. The van der Waals surface area contributed by atoms with Crippen molar-refractivity contribution >= 4 is 0 Å². The highest BCUT2D eigenvalue weighted by atomic mass is 16.5. The van der Waals surface area contributed by atoms with Gasteiger partial charge in [-0.05, 0) is 25.7 Å². The fourth-order valence-electron chi connectivity index (χ4n) is 2.01. The van der Waals surface area contributed by atoms with Crippen LogP contribution in [-0.4, -0.2) is 28.1 Å². The summed E-state index contributed by atoms with van der Waals surface area (Å²) in [5.41, 5.74) is 0.934. The van der Waals surface area contributed by atoms with Crippen LogP contribution in [0.25, 0.3) is 0 Å². The van der Waals surface area contributed by atoms with Crippen molar-refractivity contribution in [3.05, 3.63) is 18.0 Å². The van der Waals surface area contributed by atoms with Crippen molar-refractivity contribution in [2.24, 2.45) is 5.92 Å². The van der Waals surface area contributed by atoms with Gasteiger partial charge in [-0.1, -0.05) is 0 Å². The van der Waals surface area contributed by atoms with E-state index >= 15 is 0 Å². The lowest BCUT2D eigenvalue weighted by Crippen LogP contribution is -2.21. The number of hydrogen-bond acceptors (Lipinski definition) is 3. The summed E-state index contributed by atoms with van der Waals surface area (Å²) in [5, 5.41) is 14.3. The standard InChI is InChI=1S/C11H18N2O2/c1-2-13-8-10(7-12-13)11(14)9-3-5-15-6-4-9/h7-9,11,14H,2-6H2,1H3. The number of aliphatic hydroxyl groups is 1. The van der Waals surface area contributed by atoms with Crippen LogP contribution in [0.5, 0.6) is 0 Å². The topological polar surface area (TPSA) is 47.3 Å². The van der Waals surface area contributed by atoms with Gasteiger partial charge >= 0.3 is 0 Å². The molecule has 1 aliphatic heterocycles. The Labute approximate surface area is 89.9 Å². The Bertz CT molecular complexity index is 305. The predicted octanol–water partition coefficient (Wildman–Crippen LogP) is 1.36. The van der Waals surface area contributed by atoms with Gasteiger partial charge < -0.3 is 9.84 Å². The fourth-order valence-corrected chi connectivity index (χ4v) is 2.01. The van der Waals surface area contributed by atoms with Gasteiger partial charge in [-0.25, -0.2) is 0 Å². The molecule has 4 heteroatoms. The van der Waals surface area contributed by atoms with Gasteiger partial charge in [0.15, 0.2) is 0 Å². The lowest BCUT2D eigenvalue weighted by Gasteiger charge is -2.25. The maximum atomic E-state index is 10.1. The van der Waals surface area contributed by atoms with Gasteiger partial charge in [-0.15, -0.1) is 0 Å². The largest absolute Gasteiger partial charge is 0.388 e. The van der Waals surface area contributed by atoms with E-state index in [1.807, 2.05) is 17.8 Å². The minimum Gasteiger partial charge on any atom is -0.388 e. The van der Waals surface area contributed by atoms with Crippen LogP contribution < -0.4 is 0 Å². The van der Waals surface area contributed by atoms with Gasteiger partial charge in [0.2, 0.25) is 0 Å². The summed E-state index contributed by atoms with van der Waals surface area (Å²) in [7, 11) is 0. The van der Waals surface area contributed by atoms with Crippen LogP contribution in [0.2, 0.25) is 0 Å².